The van der Waals surface area contributed by atoms with Gasteiger partial charge in [0.2, 0.25) is 0 Å². The SMILES string of the molecule is C1#Cc2ccccc2C=C[C@H]2CCCC(C1)C2. The predicted octanol–water partition coefficient (Wildman–Crippen LogP) is 4.26. The molecule has 0 amide bonds. The predicted molar refractivity (Wildman–Crippen MR) is 72.4 cm³/mol. The van der Waals surface area contributed by atoms with E-state index in [-0.39, 0.29) is 0 Å². The van der Waals surface area contributed by atoms with Crippen molar-refractivity contribution in [2.75, 3.05) is 0 Å². The molecular weight excluding hydrogens is 204 g/mol. The molecule has 86 valence electrons. The van der Waals surface area contributed by atoms with Crippen LogP contribution >= 0.6 is 0 Å². The summed E-state index contributed by atoms with van der Waals surface area (Å²) in [6.07, 6.45) is 11.2. The summed E-state index contributed by atoms with van der Waals surface area (Å²) in [5, 5.41) is 0. The summed E-state index contributed by atoms with van der Waals surface area (Å²) in [4.78, 5) is 0. The number of allylic oxidation sites excluding steroid dienone is 1. The van der Waals surface area contributed by atoms with E-state index in [0.717, 1.165) is 18.3 Å². The van der Waals surface area contributed by atoms with E-state index in [1.54, 1.807) is 0 Å². The van der Waals surface area contributed by atoms with Crippen LogP contribution in [0.3, 0.4) is 0 Å². The number of hydrogen-bond donors (Lipinski definition) is 0. The second-order valence-electron chi connectivity index (χ2n) is 5.24. The van der Waals surface area contributed by atoms with E-state index in [4.69, 9.17) is 0 Å². The molecule has 2 aliphatic rings. The molecule has 0 spiro atoms. The van der Waals surface area contributed by atoms with E-state index in [9.17, 15) is 0 Å². The molecule has 0 nitrogen and oxygen atoms in total. The average Bonchev–Trinajstić information content (AvgIpc) is 2.38. The minimum absolute atomic E-state index is 0.779. The second kappa shape index (κ2) is 4.80. The van der Waals surface area contributed by atoms with Gasteiger partial charge in [-0.15, -0.1) is 0 Å². The van der Waals surface area contributed by atoms with Gasteiger partial charge in [-0.2, -0.15) is 0 Å². The van der Waals surface area contributed by atoms with Gasteiger partial charge >= 0.3 is 0 Å². The zero-order valence-corrected chi connectivity index (χ0v) is 10.2. The van der Waals surface area contributed by atoms with Crippen molar-refractivity contribution < 1.29 is 0 Å². The van der Waals surface area contributed by atoms with Crippen LogP contribution < -0.4 is 0 Å². The van der Waals surface area contributed by atoms with Gasteiger partial charge in [-0.1, -0.05) is 48.6 Å². The highest BCUT2D eigenvalue weighted by Crippen LogP contribution is 2.32. The Morgan fingerprint density at radius 3 is 3.06 bits per heavy atom. The summed E-state index contributed by atoms with van der Waals surface area (Å²) in [5.74, 6) is 8.33. The van der Waals surface area contributed by atoms with Gasteiger partial charge in [-0.25, -0.2) is 0 Å². The number of rotatable bonds is 0. The molecule has 0 saturated heterocycles. The first kappa shape index (κ1) is 10.7. The van der Waals surface area contributed by atoms with Crippen LogP contribution in [0, 0.1) is 23.7 Å². The van der Waals surface area contributed by atoms with Crippen LogP contribution in [0.2, 0.25) is 0 Å². The molecule has 1 unspecified atom stereocenters. The van der Waals surface area contributed by atoms with Crippen LogP contribution in [0.1, 0.15) is 43.2 Å². The highest BCUT2D eigenvalue weighted by molar-refractivity contribution is 5.59. The van der Waals surface area contributed by atoms with Crippen molar-refractivity contribution in [1.82, 2.24) is 0 Å². The third kappa shape index (κ3) is 2.44. The lowest BCUT2D eigenvalue weighted by molar-refractivity contribution is 0.310. The second-order valence-corrected chi connectivity index (χ2v) is 5.24. The van der Waals surface area contributed by atoms with Gasteiger partial charge < -0.3 is 0 Å². The van der Waals surface area contributed by atoms with Gasteiger partial charge in [-0.3, -0.25) is 0 Å². The van der Waals surface area contributed by atoms with Gasteiger partial charge in [-0.05, 0) is 42.7 Å². The van der Waals surface area contributed by atoms with E-state index in [0.29, 0.717) is 0 Å². The summed E-state index contributed by atoms with van der Waals surface area (Å²) in [5.41, 5.74) is 2.47. The normalized spacial score (nSPS) is 26.6. The lowest BCUT2D eigenvalue weighted by atomic mass is 9.79. The minimum Gasteiger partial charge on any atom is -0.0976 e. The van der Waals surface area contributed by atoms with Gasteiger partial charge in [0.25, 0.3) is 0 Å². The molecule has 0 N–H and O–H groups in total. The van der Waals surface area contributed by atoms with E-state index < -0.39 is 0 Å². The Kier molecular flexibility index (Phi) is 3.01. The molecule has 2 bridgehead atoms. The zero-order chi connectivity index (χ0) is 11.5. The Hall–Kier alpha value is -1.48. The van der Waals surface area contributed by atoms with Crippen molar-refractivity contribution in [3.05, 3.63) is 41.5 Å². The maximum absolute atomic E-state index is 3.38. The molecule has 0 radical (unpaired) electrons. The highest BCUT2D eigenvalue weighted by Gasteiger charge is 2.19. The van der Waals surface area contributed by atoms with Crippen LogP contribution in [0.15, 0.2) is 30.3 Å². The third-order valence-electron chi connectivity index (χ3n) is 3.95. The fraction of sp³-hybridized carbons (Fsp3) is 0.412. The summed E-state index contributed by atoms with van der Waals surface area (Å²) in [6.45, 7) is 0. The van der Waals surface area contributed by atoms with Crippen molar-refractivity contribution in [2.45, 2.75) is 32.1 Å². The molecule has 0 aliphatic heterocycles. The smallest absolute Gasteiger partial charge is 0.0317 e. The zero-order valence-electron chi connectivity index (χ0n) is 10.2. The van der Waals surface area contributed by atoms with Gasteiger partial charge in [0.15, 0.2) is 0 Å². The van der Waals surface area contributed by atoms with E-state index in [1.165, 1.54) is 36.8 Å². The van der Waals surface area contributed by atoms with Crippen molar-refractivity contribution in [1.29, 1.82) is 0 Å². The third-order valence-corrected chi connectivity index (χ3v) is 3.95. The Bertz CT molecular complexity index is 484. The van der Waals surface area contributed by atoms with Crippen LogP contribution in [0.25, 0.3) is 6.08 Å². The van der Waals surface area contributed by atoms with Crippen molar-refractivity contribution in [2.24, 2.45) is 11.8 Å². The van der Waals surface area contributed by atoms with Gasteiger partial charge in [0.05, 0.1) is 0 Å². The van der Waals surface area contributed by atoms with E-state index in [2.05, 4.69) is 48.3 Å². The Morgan fingerprint density at radius 1 is 1.12 bits per heavy atom. The number of fused-ring (bicyclic) bond motifs is 3. The molecule has 17 heavy (non-hydrogen) atoms. The first-order valence-corrected chi connectivity index (χ1v) is 6.68. The lowest BCUT2D eigenvalue weighted by Crippen LogP contribution is -2.13. The maximum Gasteiger partial charge on any atom is 0.0317 e. The van der Waals surface area contributed by atoms with Crippen LogP contribution in [0.5, 0.6) is 0 Å². The van der Waals surface area contributed by atoms with Crippen molar-refractivity contribution in [3.63, 3.8) is 0 Å². The summed E-state index contributed by atoms with van der Waals surface area (Å²) >= 11 is 0. The molecule has 1 fully saturated rings. The molecule has 0 heteroatoms. The highest BCUT2D eigenvalue weighted by atomic mass is 14.2. The molecule has 2 atom stereocenters. The largest absolute Gasteiger partial charge is 0.0976 e. The Labute approximate surface area is 104 Å². The molecule has 2 aliphatic carbocycles. The fourth-order valence-corrected chi connectivity index (χ4v) is 2.98. The lowest BCUT2D eigenvalue weighted by Gasteiger charge is -2.26. The molecule has 1 aromatic carbocycles. The number of benzene rings is 1. The van der Waals surface area contributed by atoms with E-state index in [1.807, 2.05) is 0 Å². The molecule has 3 rings (SSSR count). The summed E-state index contributed by atoms with van der Waals surface area (Å²) < 4.78 is 0. The first-order valence-electron chi connectivity index (χ1n) is 6.68. The standard InChI is InChI=1S/C17H18/c1-2-9-17-12-11-15-6-3-5-14(13-15)7-4-10-16(17)8-1/h1-2,8-9,11-12,14-15H,3,5-7,13H2/t14?,15-/m1/s1. The minimum atomic E-state index is 0.779. The van der Waals surface area contributed by atoms with Gasteiger partial charge in [0.1, 0.15) is 0 Å². The van der Waals surface area contributed by atoms with Crippen LogP contribution in [-0.4, -0.2) is 0 Å². The quantitative estimate of drug-likeness (QED) is 0.575. The Morgan fingerprint density at radius 2 is 2.06 bits per heavy atom. The molecule has 1 saturated carbocycles. The Balaban J connectivity index is 1.98. The summed E-state index contributed by atoms with van der Waals surface area (Å²) in [7, 11) is 0. The maximum atomic E-state index is 3.38. The average molecular weight is 222 g/mol. The monoisotopic (exact) mass is 222 g/mol. The first-order chi connectivity index (χ1) is 8.42. The van der Waals surface area contributed by atoms with Crippen LogP contribution in [0.4, 0.5) is 0 Å². The molecule has 0 heterocycles. The molecule has 0 aromatic heterocycles. The van der Waals surface area contributed by atoms with Crippen molar-refractivity contribution >= 4 is 6.08 Å². The van der Waals surface area contributed by atoms with Gasteiger partial charge in [0, 0.05) is 12.0 Å². The topological polar surface area (TPSA) is 0 Å². The van der Waals surface area contributed by atoms with Crippen molar-refractivity contribution in [3.8, 4) is 11.8 Å². The number of hydrogen-bond acceptors (Lipinski definition) is 0. The summed E-state index contributed by atoms with van der Waals surface area (Å²) in [6, 6.07) is 8.47. The molecular formula is C17H18. The van der Waals surface area contributed by atoms with E-state index >= 15 is 0 Å². The molecule has 1 aromatic rings. The van der Waals surface area contributed by atoms with Crippen LogP contribution in [-0.2, 0) is 0 Å². The fourth-order valence-electron chi connectivity index (χ4n) is 2.98.